The minimum absolute atomic E-state index is 0.162. The maximum atomic E-state index is 12.5. The molecule has 1 fully saturated rings. The van der Waals surface area contributed by atoms with Crippen LogP contribution < -0.4 is 0 Å². The zero-order chi connectivity index (χ0) is 14.0. The fraction of sp³-hybridized carbons (Fsp3) is 0.467. The number of aliphatic carboxylic acids is 1. The molecule has 1 heterocycles. The highest BCUT2D eigenvalue weighted by Gasteiger charge is 2.32. The van der Waals surface area contributed by atoms with Gasteiger partial charge in [-0.1, -0.05) is 17.7 Å². The van der Waals surface area contributed by atoms with Crippen LogP contribution in [0.1, 0.15) is 40.7 Å². The Hall–Kier alpha value is -1.84. The lowest BCUT2D eigenvalue weighted by Gasteiger charge is -2.33. The lowest BCUT2D eigenvalue weighted by atomic mass is 9.99. The Morgan fingerprint density at radius 1 is 1.26 bits per heavy atom. The summed E-state index contributed by atoms with van der Waals surface area (Å²) in [7, 11) is 0. The fourth-order valence-corrected chi connectivity index (χ4v) is 2.64. The number of benzene rings is 1. The normalized spacial score (nSPS) is 19.3. The third-order valence-corrected chi connectivity index (χ3v) is 3.66. The summed E-state index contributed by atoms with van der Waals surface area (Å²) < 4.78 is 0. The van der Waals surface area contributed by atoms with Crippen LogP contribution in [-0.2, 0) is 4.79 Å². The molecule has 1 atom stereocenters. The Morgan fingerprint density at radius 2 is 2.00 bits per heavy atom. The summed E-state index contributed by atoms with van der Waals surface area (Å²) in [6.07, 6.45) is 2.29. The minimum atomic E-state index is -0.905. The zero-order valence-corrected chi connectivity index (χ0v) is 11.3. The highest BCUT2D eigenvalue weighted by molar-refractivity contribution is 5.98. The predicted molar refractivity (Wildman–Crippen MR) is 72.2 cm³/mol. The molecule has 1 unspecified atom stereocenters. The topological polar surface area (TPSA) is 57.6 Å². The molecule has 2 rings (SSSR count). The van der Waals surface area contributed by atoms with Crippen molar-refractivity contribution in [1.82, 2.24) is 4.90 Å². The van der Waals surface area contributed by atoms with Crippen LogP contribution in [0.3, 0.4) is 0 Å². The van der Waals surface area contributed by atoms with E-state index in [1.165, 1.54) is 4.90 Å². The number of rotatable bonds is 2. The number of carbonyl (C=O) groups excluding carboxylic acids is 1. The predicted octanol–water partition coefficient (Wildman–Crippen LogP) is 2.38. The second kappa shape index (κ2) is 5.43. The standard InChI is InChI=1S/C15H19NO3/c1-10-6-7-12(11(2)9-10)14(17)16-8-4-3-5-13(16)15(18)19/h6-7,9,13H,3-5,8H2,1-2H3,(H,18,19). The smallest absolute Gasteiger partial charge is 0.326 e. The Morgan fingerprint density at radius 3 is 2.63 bits per heavy atom. The monoisotopic (exact) mass is 261 g/mol. The third-order valence-electron chi connectivity index (χ3n) is 3.66. The molecule has 0 saturated carbocycles. The van der Waals surface area contributed by atoms with E-state index in [-0.39, 0.29) is 5.91 Å². The lowest BCUT2D eigenvalue weighted by molar-refractivity contribution is -0.143. The highest BCUT2D eigenvalue weighted by Crippen LogP contribution is 2.21. The molecule has 1 saturated heterocycles. The molecule has 0 bridgehead atoms. The van der Waals surface area contributed by atoms with Gasteiger partial charge in [0, 0.05) is 12.1 Å². The summed E-state index contributed by atoms with van der Waals surface area (Å²) in [5.41, 5.74) is 2.61. The summed E-state index contributed by atoms with van der Waals surface area (Å²) in [6, 6.07) is 4.95. The summed E-state index contributed by atoms with van der Waals surface area (Å²) >= 11 is 0. The molecule has 4 nitrogen and oxygen atoms in total. The van der Waals surface area contributed by atoms with E-state index in [4.69, 9.17) is 0 Å². The van der Waals surface area contributed by atoms with Gasteiger partial charge in [0.15, 0.2) is 0 Å². The molecule has 1 aliphatic rings. The van der Waals surface area contributed by atoms with Gasteiger partial charge in [-0.3, -0.25) is 4.79 Å². The largest absolute Gasteiger partial charge is 0.480 e. The molecule has 0 aliphatic carbocycles. The van der Waals surface area contributed by atoms with E-state index < -0.39 is 12.0 Å². The summed E-state index contributed by atoms with van der Waals surface area (Å²) in [6.45, 7) is 4.39. The maximum absolute atomic E-state index is 12.5. The molecule has 1 aromatic carbocycles. The molecule has 1 N–H and O–H groups in total. The molecule has 1 aromatic rings. The molecule has 0 radical (unpaired) electrons. The van der Waals surface area contributed by atoms with Crippen molar-refractivity contribution < 1.29 is 14.7 Å². The Bertz CT molecular complexity index is 510. The van der Waals surface area contributed by atoms with E-state index in [1.54, 1.807) is 6.07 Å². The Kier molecular flexibility index (Phi) is 3.88. The van der Waals surface area contributed by atoms with Crippen molar-refractivity contribution in [3.63, 3.8) is 0 Å². The van der Waals surface area contributed by atoms with Crippen LogP contribution >= 0.6 is 0 Å². The number of hydrogen-bond acceptors (Lipinski definition) is 2. The van der Waals surface area contributed by atoms with Gasteiger partial charge < -0.3 is 10.0 Å². The van der Waals surface area contributed by atoms with Gasteiger partial charge in [-0.25, -0.2) is 4.79 Å². The van der Waals surface area contributed by atoms with Crippen LogP contribution in [0.25, 0.3) is 0 Å². The van der Waals surface area contributed by atoms with Crippen LogP contribution in [0.5, 0.6) is 0 Å². The van der Waals surface area contributed by atoms with Crippen molar-refractivity contribution in [3.8, 4) is 0 Å². The number of nitrogens with zero attached hydrogens (tertiary/aromatic N) is 1. The molecule has 0 spiro atoms. The SMILES string of the molecule is Cc1ccc(C(=O)N2CCCCC2C(=O)O)c(C)c1. The third kappa shape index (κ3) is 2.78. The maximum Gasteiger partial charge on any atom is 0.326 e. The minimum Gasteiger partial charge on any atom is -0.480 e. The van der Waals surface area contributed by atoms with Crippen LogP contribution in [0.2, 0.25) is 0 Å². The Labute approximate surface area is 113 Å². The summed E-state index contributed by atoms with van der Waals surface area (Å²) in [4.78, 5) is 25.3. The van der Waals surface area contributed by atoms with E-state index >= 15 is 0 Å². The van der Waals surface area contributed by atoms with Gasteiger partial charge in [0.2, 0.25) is 0 Å². The van der Waals surface area contributed by atoms with Crippen molar-refractivity contribution in [2.45, 2.75) is 39.2 Å². The van der Waals surface area contributed by atoms with Crippen molar-refractivity contribution in [2.24, 2.45) is 0 Å². The van der Waals surface area contributed by atoms with Crippen molar-refractivity contribution in [3.05, 3.63) is 34.9 Å². The molecular formula is C15H19NO3. The van der Waals surface area contributed by atoms with Crippen LogP contribution in [0.4, 0.5) is 0 Å². The average Bonchev–Trinajstić information content (AvgIpc) is 2.38. The second-order valence-electron chi connectivity index (χ2n) is 5.17. The van der Waals surface area contributed by atoms with Crippen molar-refractivity contribution >= 4 is 11.9 Å². The Balaban J connectivity index is 2.28. The number of piperidine rings is 1. The molecule has 1 amide bonds. The lowest BCUT2D eigenvalue weighted by Crippen LogP contribution is -2.48. The van der Waals surface area contributed by atoms with E-state index in [1.807, 2.05) is 26.0 Å². The van der Waals surface area contributed by atoms with Crippen molar-refractivity contribution in [1.29, 1.82) is 0 Å². The molecule has 102 valence electrons. The van der Waals surface area contributed by atoms with Gasteiger partial charge in [-0.05, 0) is 44.7 Å². The van der Waals surface area contributed by atoms with E-state index in [0.717, 1.165) is 24.0 Å². The molecule has 1 aliphatic heterocycles. The van der Waals surface area contributed by atoms with Crippen LogP contribution in [0, 0.1) is 13.8 Å². The first-order valence-electron chi connectivity index (χ1n) is 6.61. The number of amides is 1. The number of carboxylic acids is 1. The summed E-state index contributed by atoms with van der Waals surface area (Å²) in [5.74, 6) is -1.07. The summed E-state index contributed by atoms with van der Waals surface area (Å²) in [5, 5.41) is 9.22. The van der Waals surface area contributed by atoms with Crippen LogP contribution in [0.15, 0.2) is 18.2 Å². The van der Waals surface area contributed by atoms with E-state index in [2.05, 4.69) is 0 Å². The van der Waals surface area contributed by atoms with Gasteiger partial charge in [-0.15, -0.1) is 0 Å². The van der Waals surface area contributed by atoms with Crippen LogP contribution in [-0.4, -0.2) is 34.5 Å². The van der Waals surface area contributed by atoms with Gasteiger partial charge in [0.1, 0.15) is 6.04 Å². The van der Waals surface area contributed by atoms with E-state index in [9.17, 15) is 14.7 Å². The average molecular weight is 261 g/mol. The quantitative estimate of drug-likeness (QED) is 0.889. The van der Waals surface area contributed by atoms with Gasteiger partial charge in [0.05, 0.1) is 0 Å². The first-order valence-corrected chi connectivity index (χ1v) is 6.61. The van der Waals surface area contributed by atoms with Gasteiger partial charge >= 0.3 is 5.97 Å². The zero-order valence-electron chi connectivity index (χ0n) is 11.3. The first-order chi connectivity index (χ1) is 9.00. The molecule has 19 heavy (non-hydrogen) atoms. The number of likely N-dealkylation sites (tertiary alicyclic amines) is 1. The fourth-order valence-electron chi connectivity index (χ4n) is 2.64. The van der Waals surface area contributed by atoms with Gasteiger partial charge in [0.25, 0.3) is 5.91 Å². The van der Waals surface area contributed by atoms with Crippen molar-refractivity contribution in [2.75, 3.05) is 6.54 Å². The number of aryl methyl sites for hydroxylation is 2. The number of carbonyl (C=O) groups is 2. The molecule has 0 aromatic heterocycles. The first kappa shape index (κ1) is 13.6. The number of carboxylic acid groups (broad SMARTS) is 1. The van der Waals surface area contributed by atoms with E-state index in [0.29, 0.717) is 18.5 Å². The molecule has 4 heteroatoms. The number of hydrogen-bond donors (Lipinski definition) is 1. The highest BCUT2D eigenvalue weighted by atomic mass is 16.4. The molecular weight excluding hydrogens is 242 g/mol. The van der Waals surface area contributed by atoms with Gasteiger partial charge in [-0.2, -0.15) is 0 Å². The second-order valence-corrected chi connectivity index (χ2v) is 5.17.